The summed E-state index contributed by atoms with van der Waals surface area (Å²) in [6.07, 6.45) is 0. The minimum atomic E-state index is -0.301. The van der Waals surface area contributed by atoms with E-state index in [1.165, 1.54) is 6.07 Å². The zero-order valence-electron chi connectivity index (χ0n) is 11.6. The van der Waals surface area contributed by atoms with E-state index in [0.717, 1.165) is 41.7 Å². The second kappa shape index (κ2) is 5.76. The summed E-state index contributed by atoms with van der Waals surface area (Å²) < 4.78 is 24.8. The summed E-state index contributed by atoms with van der Waals surface area (Å²) in [5.74, 6) is 0.432. The Kier molecular flexibility index (Phi) is 3.86. The van der Waals surface area contributed by atoms with Crippen LogP contribution < -0.4 is 4.74 Å². The van der Waals surface area contributed by atoms with E-state index in [0.29, 0.717) is 6.61 Å². The fourth-order valence-electron chi connectivity index (χ4n) is 2.81. The van der Waals surface area contributed by atoms with E-state index in [2.05, 4.69) is 47.8 Å². The van der Waals surface area contributed by atoms with Crippen molar-refractivity contribution in [2.24, 2.45) is 0 Å². The molecule has 0 saturated heterocycles. The van der Waals surface area contributed by atoms with Gasteiger partial charge in [0.15, 0.2) is 5.95 Å². The normalized spacial score (nSPS) is 12.5. The lowest BCUT2D eigenvalue weighted by molar-refractivity contribution is 0.300. The summed E-state index contributed by atoms with van der Waals surface area (Å²) in [5, 5.41) is 0. The van der Waals surface area contributed by atoms with Crippen molar-refractivity contribution in [3.05, 3.63) is 67.4 Å². The SMILES string of the molecule is Fc1cc2c(n1-c1ccc(Br)cc1)-c1cc(Br)cc(Br)c1OC2. The quantitative estimate of drug-likeness (QED) is 0.373. The molecule has 3 aromatic rings. The Morgan fingerprint density at radius 1 is 0.957 bits per heavy atom. The molecule has 0 amide bonds. The number of fused-ring (bicyclic) bond motifs is 3. The largest absolute Gasteiger partial charge is 0.487 e. The van der Waals surface area contributed by atoms with Crippen molar-refractivity contribution >= 4 is 47.8 Å². The second-order valence-electron chi connectivity index (χ2n) is 5.21. The van der Waals surface area contributed by atoms with Crippen LogP contribution in [-0.2, 0) is 6.61 Å². The first kappa shape index (κ1) is 15.4. The van der Waals surface area contributed by atoms with Crippen molar-refractivity contribution in [2.75, 3.05) is 0 Å². The van der Waals surface area contributed by atoms with Crippen LogP contribution in [0.3, 0.4) is 0 Å². The predicted octanol–water partition coefficient (Wildman–Crippen LogP) is 6.46. The van der Waals surface area contributed by atoms with E-state index in [-0.39, 0.29) is 5.95 Å². The highest BCUT2D eigenvalue weighted by Crippen LogP contribution is 2.45. The van der Waals surface area contributed by atoms with Gasteiger partial charge < -0.3 is 4.74 Å². The standard InChI is InChI=1S/C17H9Br3FNO/c18-10-1-3-12(4-2-10)22-15(21)5-9-8-23-17-13(16(9)22)6-11(19)7-14(17)20/h1-7H,8H2. The number of benzene rings is 2. The zero-order valence-corrected chi connectivity index (χ0v) is 16.4. The Labute approximate surface area is 157 Å². The Morgan fingerprint density at radius 2 is 1.70 bits per heavy atom. The summed E-state index contributed by atoms with van der Waals surface area (Å²) in [6, 6.07) is 13.0. The lowest BCUT2D eigenvalue weighted by Gasteiger charge is -2.22. The van der Waals surface area contributed by atoms with Crippen LogP contribution in [-0.4, -0.2) is 4.57 Å². The molecule has 0 N–H and O–H groups in total. The Morgan fingerprint density at radius 3 is 2.43 bits per heavy atom. The molecule has 2 aromatic carbocycles. The maximum Gasteiger partial charge on any atom is 0.199 e. The number of hydrogen-bond donors (Lipinski definition) is 0. The molecule has 0 radical (unpaired) electrons. The van der Waals surface area contributed by atoms with Gasteiger partial charge in [-0.15, -0.1) is 0 Å². The number of nitrogens with zero attached hydrogens (tertiary/aromatic N) is 1. The van der Waals surface area contributed by atoms with Crippen LogP contribution >= 0.6 is 47.8 Å². The Bertz CT molecular complexity index is 919. The first-order valence-corrected chi connectivity index (χ1v) is 9.21. The van der Waals surface area contributed by atoms with Crippen LogP contribution in [0.2, 0.25) is 0 Å². The summed E-state index contributed by atoms with van der Waals surface area (Å²) in [7, 11) is 0. The van der Waals surface area contributed by atoms with E-state index in [1.807, 2.05) is 36.4 Å². The Hall–Kier alpha value is -1.11. The number of hydrogen-bond acceptors (Lipinski definition) is 1. The predicted molar refractivity (Wildman–Crippen MR) is 98.6 cm³/mol. The third-order valence-corrected chi connectivity index (χ3v) is 5.33. The molecule has 1 aliphatic heterocycles. The fourth-order valence-corrected chi connectivity index (χ4v) is 4.41. The maximum absolute atomic E-state index is 14.6. The fraction of sp³-hybridized carbons (Fsp3) is 0.0588. The molecule has 1 aliphatic rings. The molecule has 2 heterocycles. The van der Waals surface area contributed by atoms with Gasteiger partial charge in [-0.3, -0.25) is 4.57 Å². The summed E-state index contributed by atoms with van der Waals surface area (Å²) >= 11 is 10.4. The molecule has 0 saturated carbocycles. The van der Waals surface area contributed by atoms with Crippen LogP contribution in [0, 0.1) is 5.95 Å². The van der Waals surface area contributed by atoms with Crippen molar-refractivity contribution in [1.82, 2.24) is 4.57 Å². The minimum Gasteiger partial charge on any atom is -0.487 e. The van der Waals surface area contributed by atoms with E-state index in [9.17, 15) is 4.39 Å². The van der Waals surface area contributed by atoms with Crippen molar-refractivity contribution in [3.8, 4) is 22.7 Å². The van der Waals surface area contributed by atoms with Crippen LogP contribution in [0.5, 0.6) is 5.75 Å². The van der Waals surface area contributed by atoms with Gasteiger partial charge in [-0.05, 0) is 52.3 Å². The van der Waals surface area contributed by atoms with E-state index in [4.69, 9.17) is 4.74 Å². The van der Waals surface area contributed by atoms with Gasteiger partial charge in [-0.1, -0.05) is 31.9 Å². The number of ether oxygens (including phenoxy) is 1. The molecular weight excluding hydrogens is 493 g/mol. The first-order valence-electron chi connectivity index (χ1n) is 6.83. The molecule has 4 rings (SSSR count). The van der Waals surface area contributed by atoms with E-state index >= 15 is 0 Å². The van der Waals surface area contributed by atoms with Gasteiger partial charge in [0.2, 0.25) is 0 Å². The third kappa shape index (κ3) is 2.57. The average molecular weight is 502 g/mol. The molecule has 1 aromatic heterocycles. The highest BCUT2D eigenvalue weighted by Gasteiger charge is 2.27. The van der Waals surface area contributed by atoms with Crippen LogP contribution in [0.25, 0.3) is 16.9 Å². The summed E-state index contributed by atoms with van der Waals surface area (Å²) in [6.45, 7) is 0.350. The average Bonchev–Trinajstić information content (AvgIpc) is 2.84. The van der Waals surface area contributed by atoms with Crippen molar-refractivity contribution < 1.29 is 9.13 Å². The minimum absolute atomic E-state index is 0.301. The second-order valence-corrected chi connectivity index (χ2v) is 7.89. The number of aromatic nitrogens is 1. The maximum atomic E-state index is 14.6. The summed E-state index contributed by atoms with van der Waals surface area (Å²) in [4.78, 5) is 0. The van der Waals surface area contributed by atoms with Crippen molar-refractivity contribution in [1.29, 1.82) is 0 Å². The van der Waals surface area contributed by atoms with Crippen LogP contribution in [0.15, 0.2) is 55.9 Å². The zero-order chi connectivity index (χ0) is 16.1. The molecule has 0 spiro atoms. The van der Waals surface area contributed by atoms with Gasteiger partial charge in [0, 0.05) is 31.8 Å². The topological polar surface area (TPSA) is 14.2 Å². The molecule has 2 nitrogen and oxygen atoms in total. The molecule has 0 bridgehead atoms. The van der Waals surface area contributed by atoms with Crippen LogP contribution in [0.1, 0.15) is 5.56 Å². The lowest BCUT2D eigenvalue weighted by atomic mass is 10.0. The monoisotopic (exact) mass is 499 g/mol. The van der Waals surface area contributed by atoms with Gasteiger partial charge in [0.05, 0.1) is 10.2 Å². The molecular formula is C17H9Br3FNO. The lowest BCUT2D eigenvalue weighted by Crippen LogP contribution is -2.08. The molecule has 0 aliphatic carbocycles. The molecule has 23 heavy (non-hydrogen) atoms. The van der Waals surface area contributed by atoms with Gasteiger partial charge in [-0.25, -0.2) is 0 Å². The highest BCUT2D eigenvalue weighted by atomic mass is 79.9. The van der Waals surface area contributed by atoms with Crippen molar-refractivity contribution in [2.45, 2.75) is 6.61 Å². The molecule has 0 atom stereocenters. The van der Waals surface area contributed by atoms with Gasteiger partial charge in [0.25, 0.3) is 0 Å². The smallest absolute Gasteiger partial charge is 0.199 e. The number of halogens is 4. The van der Waals surface area contributed by atoms with Crippen molar-refractivity contribution in [3.63, 3.8) is 0 Å². The van der Waals surface area contributed by atoms with E-state index in [1.54, 1.807) is 4.57 Å². The highest BCUT2D eigenvalue weighted by molar-refractivity contribution is 9.11. The first-order chi connectivity index (χ1) is 11.0. The third-order valence-electron chi connectivity index (χ3n) is 3.76. The van der Waals surface area contributed by atoms with E-state index < -0.39 is 0 Å². The Balaban J connectivity index is 2.01. The number of rotatable bonds is 1. The molecule has 0 fully saturated rings. The molecule has 116 valence electrons. The molecule has 0 unspecified atom stereocenters. The van der Waals surface area contributed by atoms with Gasteiger partial charge >= 0.3 is 0 Å². The van der Waals surface area contributed by atoms with Gasteiger partial charge in [0.1, 0.15) is 12.4 Å². The van der Waals surface area contributed by atoms with Crippen LogP contribution in [0.4, 0.5) is 4.39 Å². The van der Waals surface area contributed by atoms with Gasteiger partial charge in [-0.2, -0.15) is 4.39 Å². The molecule has 6 heteroatoms. The summed E-state index contributed by atoms with van der Waals surface area (Å²) in [5.41, 5.74) is 3.30.